The van der Waals surface area contributed by atoms with Gasteiger partial charge in [0.15, 0.2) is 0 Å². The average Bonchev–Trinajstić information content (AvgIpc) is 2.85. The molecular weight excluding hydrogens is 468 g/mol. The van der Waals surface area contributed by atoms with Crippen molar-refractivity contribution >= 4 is 64.2 Å². The third kappa shape index (κ3) is 3.50. The first kappa shape index (κ1) is 23.2. The van der Waals surface area contributed by atoms with Crippen molar-refractivity contribution in [2.45, 2.75) is 31.2 Å². The highest BCUT2D eigenvalue weighted by Gasteiger charge is 2.72. The molecule has 11 heteroatoms. The molecule has 29 heavy (non-hydrogen) atoms. The van der Waals surface area contributed by atoms with Gasteiger partial charge in [0, 0.05) is 19.8 Å². The smallest absolute Gasteiger partial charge is 0.323 e. The minimum absolute atomic E-state index is 0.00932. The third-order valence-electron chi connectivity index (χ3n) is 4.98. The first-order chi connectivity index (χ1) is 13.8. The van der Waals surface area contributed by atoms with Crippen molar-refractivity contribution in [3.63, 3.8) is 0 Å². The highest BCUT2D eigenvalue weighted by molar-refractivity contribution is 8.10. The standard InChI is InChI=1S/C18H23NO5P2S3/c1-3-23-17(24-4-2)16(20)29(21,22)19(18(17,25-27)26-28)12-14-10-7-9-13-8-5-6-11-15(13)14/h5-11H,3-4,12,25-26H2,1-2H3. The van der Waals surface area contributed by atoms with Crippen LogP contribution in [0.1, 0.15) is 19.4 Å². The van der Waals surface area contributed by atoms with E-state index in [-0.39, 0.29) is 19.8 Å². The van der Waals surface area contributed by atoms with E-state index in [9.17, 15) is 13.2 Å². The summed E-state index contributed by atoms with van der Waals surface area (Å²) in [4.78, 5) is 13.2. The van der Waals surface area contributed by atoms with Crippen LogP contribution >= 0.6 is 14.7 Å². The van der Waals surface area contributed by atoms with Crippen molar-refractivity contribution < 1.29 is 22.7 Å². The zero-order valence-corrected chi connectivity index (χ0v) is 20.8. The number of fused-ring (bicyclic) bond motifs is 1. The van der Waals surface area contributed by atoms with E-state index in [1.807, 2.05) is 42.5 Å². The lowest BCUT2D eigenvalue weighted by atomic mass is 10.0. The molecule has 1 saturated heterocycles. The quantitative estimate of drug-likeness (QED) is 0.415. The molecule has 2 unspecified atom stereocenters. The van der Waals surface area contributed by atoms with Gasteiger partial charge in [-0.3, -0.25) is 4.79 Å². The van der Waals surface area contributed by atoms with Gasteiger partial charge in [-0.1, -0.05) is 42.5 Å². The number of sulfonamides is 1. The second kappa shape index (κ2) is 8.93. The van der Waals surface area contributed by atoms with Gasteiger partial charge in [-0.2, -0.15) is 4.31 Å². The first-order valence-corrected chi connectivity index (χ1v) is 15.5. The molecule has 1 aliphatic rings. The predicted octanol–water partition coefficient (Wildman–Crippen LogP) is 2.68. The number of carbonyl (C=O) groups is 1. The Morgan fingerprint density at radius 1 is 1.00 bits per heavy atom. The molecule has 0 spiro atoms. The van der Waals surface area contributed by atoms with Gasteiger partial charge in [0.2, 0.25) is 0 Å². The Morgan fingerprint density at radius 2 is 1.59 bits per heavy atom. The lowest BCUT2D eigenvalue weighted by Gasteiger charge is -2.40. The van der Waals surface area contributed by atoms with E-state index in [1.54, 1.807) is 13.8 Å². The number of rotatable bonds is 8. The lowest BCUT2D eigenvalue weighted by Crippen LogP contribution is -2.56. The monoisotopic (exact) mass is 491 g/mol. The molecule has 158 valence electrons. The van der Waals surface area contributed by atoms with Crippen molar-refractivity contribution in [1.29, 1.82) is 0 Å². The summed E-state index contributed by atoms with van der Waals surface area (Å²) in [5.74, 6) is -1.96. The van der Waals surface area contributed by atoms with Crippen LogP contribution in [0, 0.1) is 0 Å². The number of ether oxygens (including phenoxy) is 2. The minimum atomic E-state index is -4.36. The number of hydrogen-bond donors (Lipinski definition) is 0. The third-order valence-corrected chi connectivity index (χ3v) is 13.8. The maximum absolute atomic E-state index is 13.3. The summed E-state index contributed by atoms with van der Waals surface area (Å²) in [5, 5.41) is -0.522. The molecule has 0 N–H and O–H groups in total. The van der Waals surface area contributed by atoms with E-state index < -0.39 is 40.7 Å². The Hall–Kier alpha value is -0.500. The van der Waals surface area contributed by atoms with Crippen molar-refractivity contribution in [3.05, 3.63) is 48.0 Å². The fourth-order valence-corrected chi connectivity index (χ4v) is 12.3. The van der Waals surface area contributed by atoms with Crippen LogP contribution in [-0.4, -0.2) is 41.9 Å². The second-order valence-electron chi connectivity index (χ2n) is 6.48. The summed E-state index contributed by atoms with van der Waals surface area (Å²) in [7, 11) is -6.34. The molecular formula is C18H23NO5P2S3. The molecule has 0 aliphatic carbocycles. The molecule has 6 nitrogen and oxygen atoms in total. The largest absolute Gasteiger partial charge is 0.341 e. The van der Waals surface area contributed by atoms with Crippen molar-refractivity contribution in [1.82, 2.24) is 4.31 Å². The van der Waals surface area contributed by atoms with Crippen molar-refractivity contribution in [2.75, 3.05) is 13.2 Å². The fraction of sp³-hybridized carbons (Fsp3) is 0.389. The van der Waals surface area contributed by atoms with Crippen LogP contribution < -0.4 is 0 Å². The van der Waals surface area contributed by atoms with E-state index in [0.717, 1.165) is 16.3 Å². The molecule has 0 saturated carbocycles. The fourth-order valence-electron chi connectivity index (χ4n) is 3.70. The van der Waals surface area contributed by atoms with E-state index in [1.165, 1.54) is 4.31 Å². The van der Waals surface area contributed by atoms with Gasteiger partial charge in [-0.15, -0.1) is 23.6 Å². The van der Waals surface area contributed by atoms with Gasteiger partial charge in [0.05, 0.1) is 0 Å². The molecule has 2 atom stereocenters. The van der Waals surface area contributed by atoms with Crippen molar-refractivity contribution in [2.24, 2.45) is 0 Å². The lowest BCUT2D eigenvalue weighted by molar-refractivity contribution is -0.228. The highest BCUT2D eigenvalue weighted by Crippen LogP contribution is 2.57. The van der Waals surface area contributed by atoms with Crippen LogP contribution in [0.4, 0.5) is 0 Å². The molecule has 0 amide bonds. The normalized spacial score (nSPS) is 24.4. The highest BCUT2D eigenvalue weighted by atomic mass is 32.4. The molecule has 0 bridgehead atoms. The van der Waals surface area contributed by atoms with Gasteiger partial charge in [-0.25, -0.2) is 8.42 Å². The molecule has 2 aromatic carbocycles. The molecule has 2 aromatic rings. The number of nitrogens with zero attached hydrogens (tertiary/aromatic N) is 1. The van der Waals surface area contributed by atoms with E-state index in [4.69, 9.17) is 33.1 Å². The maximum Gasteiger partial charge on any atom is 0.323 e. The molecule has 1 heterocycles. The Kier molecular flexibility index (Phi) is 7.14. The summed E-state index contributed by atoms with van der Waals surface area (Å²) < 4.78 is 39.2. The summed E-state index contributed by atoms with van der Waals surface area (Å²) in [5.41, 5.74) is 0.776. The Labute approximate surface area is 183 Å². The molecule has 1 fully saturated rings. The van der Waals surface area contributed by atoms with Crippen LogP contribution in [0.3, 0.4) is 0 Å². The number of hydrogen-bond acceptors (Lipinski definition) is 7. The van der Waals surface area contributed by atoms with Gasteiger partial charge < -0.3 is 9.47 Å². The molecule has 3 rings (SSSR count). The Morgan fingerprint density at radius 3 is 2.17 bits per heavy atom. The summed E-state index contributed by atoms with van der Waals surface area (Å²) >= 11 is 10.9. The van der Waals surface area contributed by atoms with Crippen LogP contribution in [0.25, 0.3) is 10.8 Å². The van der Waals surface area contributed by atoms with Gasteiger partial charge in [0.1, 0.15) is 5.02 Å². The molecule has 0 aromatic heterocycles. The van der Waals surface area contributed by atoms with Gasteiger partial charge >= 0.3 is 5.12 Å². The summed E-state index contributed by atoms with van der Waals surface area (Å²) in [6.45, 7) is 3.58. The zero-order valence-electron chi connectivity index (χ0n) is 16.0. The minimum Gasteiger partial charge on any atom is -0.341 e. The average molecular weight is 492 g/mol. The van der Waals surface area contributed by atoms with Crippen LogP contribution in [0.5, 0.6) is 0 Å². The maximum atomic E-state index is 13.3. The first-order valence-electron chi connectivity index (χ1n) is 9.09. The SMILES string of the molecule is CCOC1(OCC)C(=O)S(=O)(=O)N(Cc2cccc3ccccc23)C1([PH2]=S)[PH2]=S. The number of benzene rings is 2. The Balaban J connectivity index is 2.24. The topological polar surface area (TPSA) is 72.9 Å². The van der Waals surface area contributed by atoms with Crippen LogP contribution in [0.2, 0.25) is 0 Å². The van der Waals surface area contributed by atoms with Crippen molar-refractivity contribution in [3.8, 4) is 0 Å². The summed E-state index contributed by atoms with van der Waals surface area (Å²) in [6, 6.07) is 13.4. The van der Waals surface area contributed by atoms with Gasteiger partial charge in [0.25, 0.3) is 15.8 Å². The van der Waals surface area contributed by atoms with Gasteiger partial charge in [-0.05, 0) is 44.9 Å². The molecule has 1 aliphatic heterocycles. The van der Waals surface area contributed by atoms with E-state index >= 15 is 0 Å². The zero-order chi connectivity index (χ0) is 21.3. The predicted molar refractivity (Wildman–Crippen MR) is 126 cm³/mol. The Bertz CT molecular complexity index is 1060. The van der Waals surface area contributed by atoms with E-state index in [2.05, 4.69) is 0 Å². The van der Waals surface area contributed by atoms with Crippen LogP contribution in [0.15, 0.2) is 42.5 Å². The van der Waals surface area contributed by atoms with E-state index in [0.29, 0.717) is 0 Å². The molecule has 0 radical (unpaired) electrons. The summed E-state index contributed by atoms with van der Waals surface area (Å²) in [6.07, 6.45) is 0. The van der Waals surface area contributed by atoms with Crippen LogP contribution in [-0.2, 0) is 54.5 Å². The number of carbonyl (C=O) groups excluding carboxylic acids is 1. The second-order valence-corrected chi connectivity index (χ2v) is 12.6.